The van der Waals surface area contributed by atoms with Gasteiger partial charge in [0.15, 0.2) is 9.84 Å². The van der Waals surface area contributed by atoms with Crippen molar-refractivity contribution >= 4 is 21.4 Å². The van der Waals surface area contributed by atoms with Crippen LogP contribution in [0.5, 0.6) is 0 Å². The summed E-state index contributed by atoms with van der Waals surface area (Å²) in [4.78, 5) is 11.8. The highest BCUT2D eigenvalue weighted by molar-refractivity contribution is 7.91. The molecule has 1 rings (SSSR count). The fourth-order valence-electron chi connectivity index (χ4n) is 1.50. The van der Waals surface area contributed by atoms with Crippen LogP contribution in [0.15, 0.2) is 29.2 Å². The number of carbonyl (C=O) groups is 1. The Bertz CT molecular complexity index is 504. The number of anilines is 1. The SMILES string of the molecule is CCS(=O)(=O)c1ccc(NC(=O)CC(C)C)cc1. The van der Waals surface area contributed by atoms with E-state index in [1.54, 1.807) is 19.1 Å². The highest BCUT2D eigenvalue weighted by Gasteiger charge is 2.11. The van der Waals surface area contributed by atoms with Crippen LogP contribution in [0.1, 0.15) is 27.2 Å². The molecule has 1 aromatic rings. The zero-order valence-electron chi connectivity index (χ0n) is 10.9. The standard InChI is InChI=1S/C13H19NO3S/c1-4-18(16,17)12-7-5-11(6-8-12)14-13(15)9-10(2)3/h5-8,10H,4,9H2,1-3H3,(H,14,15). The maximum absolute atomic E-state index is 11.6. The third-order valence-corrected chi connectivity index (χ3v) is 4.22. The first-order valence-corrected chi connectivity index (χ1v) is 7.63. The van der Waals surface area contributed by atoms with Gasteiger partial charge in [0.25, 0.3) is 0 Å². The Kier molecular flexibility index (Phi) is 4.90. The highest BCUT2D eigenvalue weighted by Crippen LogP contribution is 2.15. The van der Waals surface area contributed by atoms with Gasteiger partial charge in [0.2, 0.25) is 5.91 Å². The van der Waals surface area contributed by atoms with Crippen molar-refractivity contribution in [3.63, 3.8) is 0 Å². The van der Waals surface area contributed by atoms with Gasteiger partial charge in [0.05, 0.1) is 10.6 Å². The topological polar surface area (TPSA) is 63.2 Å². The molecule has 0 aliphatic rings. The van der Waals surface area contributed by atoms with E-state index in [4.69, 9.17) is 0 Å². The Morgan fingerprint density at radius 1 is 1.22 bits per heavy atom. The molecule has 0 saturated carbocycles. The quantitative estimate of drug-likeness (QED) is 0.893. The molecule has 5 heteroatoms. The van der Waals surface area contributed by atoms with Gasteiger partial charge in [-0.1, -0.05) is 20.8 Å². The van der Waals surface area contributed by atoms with Gasteiger partial charge in [-0.3, -0.25) is 4.79 Å². The Morgan fingerprint density at radius 3 is 2.22 bits per heavy atom. The molecule has 100 valence electrons. The predicted molar refractivity (Wildman–Crippen MR) is 72.3 cm³/mol. The number of carbonyl (C=O) groups excluding carboxylic acids is 1. The van der Waals surface area contributed by atoms with Crippen molar-refractivity contribution in [3.05, 3.63) is 24.3 Å². The van der Waals surface area contributed by atoms with E-state index in [-0.39, 0.29) is 16.6 Å². The Labute approximate surface area is 108 Å². The number of rotatable bonds is 5. The molecular formula is C13H19NO3S. The summed E-state index contributed by atoms with van der Waals surface area (Å²) >= 11 is 0. The van der Waals surface area contributed by atoms with Gasteiger partial charge in [0, 0.05) is 12.1 Å². The van der Waals surface area contributed by atoms with Crippen LogP contribution in [0, 0.1) is 5.92 Å². The molecule has 18 heavy (non-hydrogen) atoms. The highest BCUT2D eigenvalue weighted by atomic mass is 32.2. The van der Waals surface area contributed by atoms with Crippen molar-refractivity contribution in [2.75, 3.05) is 11.1 Å². The second kappa shape index (κ2) is 6.00. The van der Waals surface area contributed by atoms with Gasteiger partial charge < -0.3 is 5.32 Å². The number of nitrogens with one attached hydrogen (secondary N) is 1. The largest absolute Gasteiger partial charge is 0.326 e. The second-order valence-electron chi connectivity index (χ2n) is 4.57. The molecule has 0 atom stereocenters. The second-order valence-corrected chi connectivity index (χ2v) is 6.85. The van der Waals surface area contributed by atoms with Crippen LogP contribution >= 0.6 is 0 Å². The van der Waals surface area contributed by atoms with E-state index >= 15 is 0 Å². The van der Waals surface area contributed by atoms with Gasteiger partial charge in [-0.25, -0.2) is 8.42 Å². The third kappa shape index (κ3) is 4.14. The van der Waals surface area contributed by atoms with Crippen LogP contribution in [-0.4, -0.2) is 20.1 Å². The first-order valence-electron chi connectivity index (χ1n) is 5.98. The lowest BCUT2D eigenvalue weighted by atomic mass is 10.1. The fourth-order valence-corrected chi connectivity index (χ4v) is 2.38. The number of hydrogen-bond donors (Lipinski definition) is 1. The first kappa shape index (κ1) is 14.7. The fraction of sp³-hybridized carbons (Fsp3) is 0.462. The normalized spacial score (nSPS) is 11.6. The minimum atomic E-state index is -3.18. The van der Waals surface area contributed by atoms with Crippen LogP contribution in [0.25, 0.3) is 0 Å². The van der Waals surface area contributed by atoms with Crippen molar-refractivity contribution in [2.45, 2.75) is 32.1 Å². The summed E-state index contributed by atoms with van der Waals surface area (Å²) in [5.41, 5.74) is 0.621. The number of hydrogen-bond acceptors (Lipinski definition) is 3. The van der Waals surface area contributed by atoms with E-state index in [9.17, 15) is 13.2 Å². The van der Waals surface area contributed by atoms with Crippen molar-refractivity contribution in [1.29, 1.82) is 0 Å². The average Bonchev–Trinajstić information content (AvgIpc) is 2.28. The molecule has 0 unspecified atom stereocenters. The molecule has 0 radical (unpaired) electrons. The molecule has 0 heterocycles. The molecule has 0 aliphatic heterocycles. The lowest BCUT2D eigenvalue weighted by molar-refractivity contribution is -0.116. The minimum absolute atomic E-state index is 0.0592. The lowest BCUT2D eigenvalue weighted by Crippen LogP contribution is -2.13. The third-order valence-electron chi connectivity index (χ3n) is 2.47. The van der Waals surface area contributed by atoms with Crippen LogP contribution in [-0.2, 0) is 14.6 Å². The van der Waals surface area contributed by atoms with Crippen LogP contribution in [0.2, 0.25) is 0 Å². The Hall–Kier alpha value is -1.36. The summed E-state index contributed by atoms with van der Waals surface area (Å²) in [6.45, 7) is 5.54. The van der Waals surface area contributed by atoms with E-state index in [2.05, 4.69) is 5.32 Å². The summed E-state index contributed by atoms with van der Waals surface area (Å²) in [5, 5.41) is 2.74. The van der Waals surface area contributed by atoms with Gasteiger partial charge in [-0.2, -0.15) is 0 Å². The molecule has 0 aromatic heterocycles. The Morgan fingerprint density at radius 2 is 1.78 bits per heavy atom. The van der Waals surface area contributed by atoms with Crippen molar-refractivity contribution in [3.8, 4) is 0 Å². The predicted octanol–water partition coefficient (Wildman–Crippen LogP) is 2.46. The summed E-state index contributed by atoms with van der Waals surface area (Å²) in [6, 6.07) is 6.26. The van der Waals surface area contributed by atoms with Gasteiger partial charge >= 0.3 is 0 Å². The molecule has 0 aliphatic carbocycles. The number of benzene rings is 1. The zero-order chi connectivity index (χ0) is 13.8. The molecular weight excluding hydrogens is 250 g/mol. The van der Waals surface area contributed by atoms with E-state index in [0.29, 0.717) is 18.0 Å². The molecule has 0 saturated heterocycles. The maximum atomic E-state index is 11.6. The zero-order valence-corrected chi connectivity index (χ0v) is 11.8. The number of sulfone groups is 1. The van der Waals surface area contributed by atoms with E-state index in [0.717, 1.165) is 0 Å². The van der Waals surface area contributed by atoms with Gasteiger partial charge in [-0.05, 0) is 30.2 Å². The van der Waals surface area contributed by atoms with Crippen molar-refractivity contribution < 1.29 is 13.2 Å². The molecule has 0 bridgehead atoms. The van der Waals surface area contributed by atoms with Crippen LogP contribution in [0.3, 0.4) is 0 Å². The monoisotopic (exact) mass is 269 g/mol. The van der Waals surface area contributed by atoms with E-state index in [1.807, 2.05) is 13.8 Å². The van der Waals surface area contributed by atoms with Crippen LogP contribution in [0.4, 0.5) is 5.69 Å². The van der Waals surface area contributed by atoms with Gasteiger partial charge in [0.1, 0.15) is 0 Å². The number of amides is 1. The van der Waals surface area contributed by atoms with E-state index in [1.165, 1.54) is 12.1 Å². The summed E-state index contributed by atoms with van der Waals surface area (Å²) in [6.07, 6.45) is 0.453. The molecule has 4 nitrogen and oxygen atoms in total. The molecule has 1 N–H and O–H groups in total. The lowest BCUT2D eigenvalue weighted by Gasteiger charge is -2.08. The summed E-state index contributed by atoms with van der Waals surface area (Å²) in [7, 11) is -3.18. The Balaban J connectivity index is 2.75. The van der Waals surface area contributed by atoms with Crippen molar-refractivity contribution in [1.82, 2.24) is 0 Å². The first-order chi connectivity index (χ1) is 8.35. The minimum Gasteiger partial charge on any atom is -0.326 e. The molecule has 0 fully saturated rings. The van der Waals surface area contributed by atoms with Gasteiger partial charge in [-0.15, -0.1) is 0 Å². The summed E-state index contributed by atoms with van der Waals surface area (Å²) < 4.78 is 23.2. The van der Waals surface area contributed by atoms with Crippen LogP contribution < -0.4 is 5.32 Å². The average molecular weight is 269 g/mol. The smallest absolute Gasteiger partial charge is 0.224 e. The summed E-state index contributed by atoms with van der Waals surface area (Å²) in [5.74, 6) is 0.312. The van der Waals surface area contributed by atoms with Crippen molar-refractivity contribution in [2.24, 2.45) is 5.92 Å². The van der Waals surface area contributed by atoms with E-state index < -0.39 is 9.84 Å². The maximum Gasteiger partial charge on any atom is 0.224 e. The molecule has 1 amide bonds. The molecule has 1 aromatic carbocycles. The molecule has 0 spiro atoms.